The number of anilines is 1. The SMILES string of the molecule is Cc1cnc(Cl)nc1N(C)Cc1ccc(F)cc1. The summed E-state index contributed by atoms with van der Waals surface area (Å²) in [6.07, 6.45) is 1.69. The highest BCUT2D eigenvalue weighted by molar-refractivity contribution is 6.28. The maximum Gasteiger partial charge on any atom is 0.224 e. The van der Waals surface area contributed by atoms with Gasteiger partial charge in [0.2, 0.25) is 5.28 Å². The third-order valence-electron chi connectivity index (χ3n) is 2.61. The minimum absolute atomic E-state index is 0.224. The third-order valence-corrected chi connectivity index (χ3v) is 2.79. The van der Waals surface area contributed by atoms with Crippen LogP contribution in [-0.2, 0) is 6.54 Å². The monoisotopic (exact) mass is 265 g/mol. The predicted octanol–water partition coefficient (Wildman–Crippen LogP) is 3.21. The Morgan fingerprint density at radius 3 is 2.61 bits per heavy atom. The van der Waals surface area contributed by atoms with E-state index in [0.29, 0.717) is 6.54 Å². The minimum atomic E-state index is -0.234. The molecule has 0 bridgehead atoms. The maximum atomic E-state index is 12.8. The quantitative estimate of drug-likeness (QED) is 0.798. The molecule has 1 aromatic heterocycles. The van der Waals surface area contributed by atoms with Crippen molar-refractivity contribution in [2.75, 3.05) is 11.9 Å². The summed E-state index contributed by atoms with van der Waals surface area (Å²) in [4.78, 5) is 10.1. The van der Waals surface area contributed by atoms with Crippen LogP contribution in [0.5, 0.6) is 0 Å². The van der Waals surface area contributed by atoms with Crippen molar-refractivity contribution in [2.24, 2.45) is 0 Å². The Kier molecular flexibility index (Phi) is 3.77. The Labute approximate surface area is 110 Å². The topological polar surface area (TPSA) is 29.0 Å². The molecule has 0 saturated carbocycles. The van der Waals surface area contributed by atoms with Gasteiger partial charge in [0, 0.05) is 25.4 Å². The number of halogens is 2. The fourth-order valence-corrected chi connectivity index (χ4v) is 1.87. The molecule has 94 valence electrons. The highest BCUT2D eigenvalue weighted by Gasteiger charge is 2.08. The highest BCUT2D eigenvalue weighted by Crippen LogP contribution is 2.18. The molecule has 0 aliphatic heterocycles. The lowest BCUT2D eigenvalue weighted by Crippen LogP contribution is -2.19. The number of rotatable bonds is 3. The Bertz CT molecular complexity index is 542. The normalized spacial score (nSPS) is 10.4. The van der Waals surface area contributed by atoms with Crippen LogP contribution in [0.25, 0.3) is 0 Å². The van der Waals surface area contributed by atoms with Crippen molar-refractivity contribution < 1.29 is 4.39 Å². The van der Waals surface area contributed by atoms with Crippen LogP contribution in [-0.4, -0.2) is 17.0 Å². The molecule has 1 aromatic carbocycles. The first-order valence-electron chi connectivity index (χ1n) is 5.51. The van der Waals surface area contributed by atoms with Gasteiger partial charge in [-0.05, 0) is 36.2 Å². The number of nitrogens with zero attached hydrogens (tertiary/aromatic N) is 3. The second-order valence-corrected chi connectivity index (χ2v) is 4.47. The van der Waals surface area contributed by atoms with Gasteiger partial charge in [0.1, 0.15) is 11.6 Å². The molecule has 0 spiro atoms. The lowest BCUT2D eigenvalue weighted by molar-refractivity contribution is 0.627. The van der Waals surface area contributed by atoms with Gasteiger partial charge in [-0.2, -0.15) is 0 Å². The minimum Gasteiger partial charge on any atom is -0.355 e. The van der Waals surface area contributed by atoms with Gasteiger partial charge in [-0.25, -0.2) is 14.4 Å². The summed E-state index contributed by atoms with van der Waals surface area (Å²) in [7, 11) is 1.91. The van der Waals surface area contributed by atoms with Crippen LogP contribution in [0.15, 0.2) is 30.5 Å². The number of hydrogen-bond donors (Lipinski definition) is 0. The van der Waals surface area contributed by atoms with Crippen LogP contribution >= 0.6 is 11.6 Å². The second-order valence-electron chi connectivity index (χ2n) is 4.13. The van der Waals surface area contributed by atoms with E-state index < -0.39 is 0 Å². The lowest BCUT2D eigenvalue weighted by atomic mass is 10.2. The third kappa shape index (κ3) is 2.96. The molecule has 5 heteroatoms. The van der Waals surface area contributed by atoms with Gasteiger partial charge >= 0.3 is 0 Å². The molecule has 0 unspecified atom stereocenters. The molecule has 0 amide bonds. The van der Waals surface area contributed by atoms with Crippen molar-refractivity contribution in [3.63, 3.8) is 0 Å². The lowest BCUT2D eigenvalue weighted by Gasteiger charge is -2.20. The maximum absolute atomic E-state index is 12.8. The van der Waals surface area contributed by atoms with Gasteiger partial charge in [0.25, 0.3) is 0 Å². The molecule has 3 nitrogen and oxygen atoms in total. The Morgan fingerprint density at radius 1 is 1.28 bits per heavy atom. The zero-order valence-electron chi connectivity index (χ0n) is 10.2. The van der Waals surface area contributed by atoms with E-state index in [1.807, 2.05) is 18.9 Å². The molecule has 2 aromatic rings. The van der Waals surface area contributed by atoms with E-state index >= 15 is 0 Å². The first kappa shape index (κ1) is 12.8. The van der Waals surface area contributed by atoms with Gasteiger partial charge < -0.3 is 4.90 Å². The Hall–Kier alpha value is -1.68. The van der Waals surface area contributed by atoms with Crippen LogP contribution in [0.2, 0.25) is 5.28 Å². The fraction of sp³-hybridized carbons (Fsp3) is 0.231. The zero-order valence-corrected chi connectivity index (χ0v) is 10.9. The summed E-state index contributed by atoms with van der Waals surface area (Å²) in [6.45, 7) is 2.56. The number of aromatic nitrogens is 2. The van der Waals surface area contributed by atoms with E-state index in [0.717, 1.165) is 16.9 Å². The van der Waals surface area contributed by atoms with Gasteiger partial charge in [-0.1, -0.05) is 12.1 Å². The van der Waals surface area contributed by atoms with E-state index in [1.165, 1.54) is 12.1 Å². The Morgan fingerprint density at radius 2 is 1.94 bits per heavy atom. The molecule has 0 fully saturated rings. The first-order chi connectivity index (χ1) is 8.56. The summed E-state index contributed by atoms with van der Waals surface area (Å²) < 4.78 is 12.8. The number of benzene rings is 1. The van der Waals surface area contributed by atoms with E-state index in [1.54, 1.807) is 18.3 Å². The smallest absolute Gasteiger partial charge is 0.224 e. The molecular formula is C13H13ClFN3. The van der Waals surface area contributed by atoms with E-state index in [4.69, 9.17) is 11.6 Å². The average molecular weight is 266 g/mol. The van der Waals surface area contributed by atoms with Crippen LogP contribution in [0.3, 0.4) is 0 Å². The molecule has 0 radical (unpaired) electrons. The van der Waals surface area contributed by atoms with E-state index in [2.05, 4.69) is 9.97 Å². The standard InChI is InChI=1S/C13H13ClFN3/c1-9-7-16-13(14)17-12(9)18(2)8-10-3-5-11(15)6-4-10/h3-7H,8H2,1-2H3. The average Bonchev–Trinajstić information content (AvgIpc) is 2.35. The number of hydrogen-bond acceptors (Lipinski definition) is 3. The van der Waals surface area contributed by atoms with Gasteiger partial charge in [-0.3, -0.25) is 0 Å². The highest BCUT2D eigenvalue weighted by atomic mass is 35.5. The molecule has 0 saturated heterocycles. The zero-order chi connectivity index (χ0) is 13.1. The molecule has 1 heterocycles. The predicted molar refractivity (Wildman–Crippen MR) is 70.3 cm³/mol. The molecule has 0 N–H and O–H groups in total. The van der Waals surface area contributed by atoms with Crippen molar-refractivity contribution in [3.05, 3.63) is 52.7 Å². The Balaban J connectivity index is 2.18. The van der Waals surface area contributed by atoms with Crippen molar-refractivity contribution in [1.82, 2.24) is 9.97 Å². The van der Waals surface area contributed by atoms with Gasteiger partial charge in [0.05, 0.1) is 0 Å². The molecule has 18 heavy (non-hydrogen) atoms. The van der Waals surface area contributed by atoms with Gasteiger partial charge in [0.15, 0.2) is 0 Å². The van der Waals surface area contributed by atoms with Gasteiger partial charge in [-0.15, -0.1) is 0 Å². The van der Waals surface area contributed by atoms with E-state index in [9.17, 15) is 4.39 Å². The summed E-state index contributed by atoms with van der Waals surface area (Å²) >= 11 is 5.79. The fourth-order valence-electron chi connectivity index (χ4n) is 1.74. The second kappa shape index (κ2) is 5.31. The largest absolute Gasteiger partial charge is 0.355 e. The van der Waals surface area contributed by atoms with Crippen LogP contribution < -0.4 is 4.90 Å². The van der Waals surface area contributed by atoms with Crippen molar-refractivity contribution in [1.29, 1.82) is 0 Å². The van der Waals surface area contributed by atoms with Crippen LogP contribution in [0.1, 0.15) is 11.1 Å². The van der Waals surface area contributed by atoms with Crippen molar-refractivity contribution >= 4 is 17.4 Å². The summed E-state index contributed by atoms with van der Waals surface area (Å²) in [5.74, 6) is 0.544. The molecule has 2 rings (SSSR count). The molecule has 0 aliphatic carbocycles. The summed E-state index contributed by atoms with van der Waals surface area (Å²) in [5, 5.41) is 0.224. The number of aryl methyl sites for hydroxylation is 1. The summed E-state index contributed by atoms with van der Waals surface area (Å²) in [5.41, 5.74) is 1.96. The van der Waals surface area contributed by atoms with E-state index in [-0.39, 0.29) is 11.1 Å². The first-order valence-corrected chi connectivity index (χ1v) is 5.89. The summed E-state index contributed by atoms with van der Waals surface area (Å²) in [6, 6.07) is 6.40. The van der Waals surface area contributed by atoms with Crippen molar-refractivity contribution in [3.8, 4) is 0 Å². The van der Waals surface area contributed by atoms with Crippen LogP contribution in [0.4, 0.5) is 10.2 Å². The van der Waals surface area contributed by atoms with Crippen molar-refractivity contribution in [2.45, 2.75) is 13.5 Å². The molecule has 0 aliphatic rings. The van der Waals surface area contributed by atoms with Crippen LogP contribution in [0, 0.1) is 12.7 Å². The molecule has 0 atom stereocenters. The molecular weight excluding hydrogens is 253 g/mol.